The van der Waals surface area contributed by atoms with Crippen LogP contribution in [0.5, 0.6) is 0 Å². The second-order valence-electron chi connectivity index (χ2n) is 14.9. The molecular formula is C40H46N2O8Si. The van der Waals surface area contributed by atoms with Gasteiger partial charge in [0.15, 0.2) is 0 Å². The molecule has 3 aromatic rings. The van der Waals surface area contributed by atoms with Crippen molar-refractivity contribution in [3.05, 3.63) is 98.5 Å². The quantitative estimate of drug-likeness (QED) is 0.0861. The number of hydrogen-bond acceptors (Lipinski definition) is 9. The van der Waals surface area contributed by atoms with Crippen molar-refractivity contribution in [1.29, 1.82) is 0 Å². The minimum atomic E-state index is -1.74. The molecule has 1 atom stereocenters. The van der Waals surface area contributed by atoms with Crippen molar-refractivity contribution in [3.8, 4) is 0 Å². The van der Waals surface area contributed by atoms with Crippen molar-refractivity contribution in [2.75, 3.05) is 13.2 Å². The Bertz CT molecular complexity index is 2010. The van der Waals surface area contributed by atoms with Crippen LogP contribution < -0.4 is 10.8 Å². The van der Waals surface area contributed by atoms with E-state index in [9.17, 15) is 19.5 Å². The number of cyclic esters (lactones) is 1. The number of rotatable bonds is 12. The molecule has 1 aromatic heterocycles. The zero-order valence-corrected chi connectivity index (χ0v) is 30.7. The van der Waals surface area contributed by atoms with E-state index in [2.05, 4.69) is 37.4 Å². The van der Waals surface area contributed by atoms with E-state index in [-0.39, 0.29) is 43.7 Å². The van der Waals surface area contributed by atoms with E-state index >= 15 is 0 Å². The predicted octanol–water partition coefficient (Wildman–Crippen LogP) is 5.64. The van der Waals surface area contributed by atoms with Crippen molar-refractivity contribution < 1.29 is 38.4 Å². The van der Waals surface area contributed by atoms with Gasteiger partial charge in [0.2, 0.25) is 5.60 Å². The van der Waals surface area contributed by atoms with Gasteiger partial charge in [0.1, 0.15) is 29.8 Å². The second-order valence-corrected chi connectivity index (χ2v) is 20.2. The molecule has 0 bridgehead atoms. The molecule has 51 heavy (non-hydrogen) atoms. The third-order valence-electron chi connectivity index (χ3n) is 11.1. The van der Waals surface area contributed by atoms with Gasteiger partial charge in [-0.05, 0) is 60.4 Å². The zero-order valence-electron chi connectivity index (χ0n) is 29.7. The maximum atomic E-state index is 13.4. The van der Waals surface area contributed by atoms with Gasteiger partial charge in [-0.25, -0.2) is 14.6 Å². The summed E-state index contributed by atoms with van der Waals surface area (Å²) in [5.74, 6) is -0.606. The van der Waals surface area contributed by atoms with E-state index < -0.39 is 25.8 Å². The minimum absolute atomic E-state index is 0.00868. The number of imidazole rings is 1. The van der Waals surface area contributed by atoms with Crippen LogP contribution >= 0.6 is 0 Å². The van der Waals surface area contributed by atoms with E-state index in [1.807, 2.05) is 34.9 Å². The highest BCUT2D eigenvalue weighted by Gasteiger charge is 2.52. The van der Waals surface area contributed by atoms with Crippen LogP contribution in [0.1, 0.15) is 67.0 Å². The highest BCUT2D eigenvalue weighted by atomic mass is 28.3. The topological polar surface area (TPSA) is 126 Å². The molecule has 0 spiro atoms. The molecule has 3 heterocycles. The Hall–Kier alpha value is -4.64. The average molecular weight is 711 g/mol. The molecule has 7 rings (SSSR count). The van der Waals surface area contributed by atoms with Crippen molar-refractivity contribution >= 4 is 38.0 Å². The lowest BCUT2D eigenvalue weighted by molar-refractivity contribution is -0.166. The fourth-order valence-corrected chi connectivity index (χ4v) is 9.98. The molecular weight excluding hydrogens is 665 g/mol. The predicted molar refractivity (Wildman–Crippen MR) is 193 cm³/mol. The molecule has 2 aliphatic carbocycles. The van der Waals surface area contributed by atoms with Crippen LogP contribution in [0.4, 0.5) is 4.79 Å². The van der Waals surface area contributed by atoms with Gasteiger partial charge in [-0.15, -0.1) is 0 Å². The lowest BCUT2D eigenvalue weighted by atomic mass is 9.80. The van der Waals surface area contributed by atoms with Gasteiger partial charge in [-0.3, -0.25) is 4.79 Å². The van der Waals surface area contributed by atoms with Gasteiger partial charge >= 0.3 is 18.1 Å². The number of aliphatic hydroxyl groups excluding tert-OH is 1. The summed E-state index contributed by atoms with van der Waals surface area (Å²) in [7, 11) is -1.55. The number of aromatic nitrogens is 2. The van der Waals surface area contributed by atoms with E-state index in [0.29, 0.717) is 35.3 Å². The summed E-state index contributed by atoms with van der Waals surface area (Å²) in [6.07, 6.45) is 6.31. The third-order valence-corrected chi connectivity index (χ3v) is 14.4. The molecule has 1 unspecified atom stereocenters. The van der Waals surface area contributed by atoms with Gasteiger partial charge < -0.3 is 28.6 Å². The average Bonchev–Trinajstić information content (AvgIpc) is 3.46. The molecule has 2 aromatic carbocycles. The molecule has 0 saturated heterocycles. The molecule has 11 heteroatoms. The van der Waals surface area contributed by atoms with E-state index in [1.54, 1.807) is 6.92 Å². The Balaban J connectivity index is 1.08. The van der Waals surface area contributed by atoms with Crippen LogP contribution in [-0.4, -0.2) is 59.6 Å². The van der Waals surface area contributed by atoms with Crippen LogP contribution in [0.3, 0.4) is 0 Å². The third kappa shape index (κ3) is 6.88. The summed E-state index contributed by atoms with van der Waals surface area (Å²) in [5.41, 5.74) is 4.88. The Labute approximate surface area is 298 Å². The van der Waals surface area contributed by atoms with Crippen LogP contribution in [0.25, 0.3) is 11.8 Å². The van der Waals surface area contributed by atoms with E-state index in [1.165, 1.54) is 11.1 Å². The number of aliphatic hydroxyl groups is 1. The van der Waals surface area contributed by atoms with Crippen molar-refractivity contribution in [3.63, 3.8) is 0 Å². The Morgan fingerprint density at radius 3 is 2.63 bits per heavy atom. The number of carbonyl (C=O) groups excluding carboxylic acids is 3. The fraction of sp³-hybridized carbons (Fsp3) is 0.450. The van der Waals surface area contributed by atoms with Crippen LogP contribution in [0, 0.1) is 5.92 Å². The van der Waals surface area contributed by atoms with Gasteiger partial charge in [-0.1, -0.05) is 87.1 Å². The summed E-state index contributed by atoms with van der Waals surface area (Å²) in [4.78, 5) is 43.4. The minimum Gasteiger partial charge on any atom is -0.505 e. The smallest absolute Gasteiger partial charge is 0.505 e. The number of hydrogen-bond donors (Lipinski definition) is 1. The largest absolute Gasteiger partial charge is 0.510 e. The number of nitrogens with zero attached hydrogens (tertiary/aromatic N) is 2. The highest BCUT2D eigenvalue weighted by Crippen LogP contribution is 2.39. The summed E-state index contributed by atoms with van der Waals surface area (Å²) < 4.78 is 24.3. The molecule has 2 aliphatic heterocycles. The standard InChI is InChI=1S/C40H46N2O8Si/c1-4-40(50-39(46)49-24-26-11-6-5-7-12-26)32-22-33-35(36(43)31(32)25-48-38(40)45)42-23-30-27(13-8-16-29(30)21-34(42)41-33)17-20-51(2,3)19-10-18-47-37(44)28-14-9-15-28/h5-8,11-13,16,21,28,43H,4,9-10,14-15,17-20,22-25H2,1-3H3. The molecule has 1 saturated carbocycles. The lowest BCUT2D eigenvalue weighted by Crippen LogP contribution is -2.52. The monoisotopic (exact) mass is 710 g/mol. The van der Waals surface area contributed by atoms with Gasteiger partial charge in [0.25, 0.3) is 0 Å². The lowest BCUT2D eigenvalue weighted by Gasteiger charge is -2.38. The number of aryl methyl sites for hydroxylation is 1. The number of carbonyl (C=O) groups is 3. The molecule has 268 valence electrons. The maximum absolute atomic E-state index is 13.4. The van der Waals surface area contributed by atoms with Crippen LogP contribution in [0.15, 0.2) is 59.7 Å². The summed E-state index contributed by atoms with van der Waals surface area (Å²) in [5, 5.41) is 12.4. The highest BCUT2D eigenvalue weighted by molar-refractivity contribution is 6.77. The van der Waals surface area contributed by atoms with Crippen molar-refractivity contribution in [2.24, 2.45) is 5.92 Å². The molecule has 1 fully saturated rings. The summed E-state index contributed by atoms with van der Waals surface area (Å²) in [6.45, 7) is 7.48. The number of esters is 2. The number of ether oxygens (including phenoxy) is 4. The van der Waals surface area contributed by atoms with Crippen molar-refractivity contribution in [2.45, 2.75) is 95.8 Å². The Morgan fingerprint density at radius 1 is 1.08 bits per heavy atom. The first-order valence-corrected chi connectivity index (χ1v) is 21.6. The van der Waals surface area contributed by atoms with E-state index in [4.69, 9.17) is 23.9 Å². The zero-order chi connectivity index (χ0) is 35.8. The van der Waals surface area contributed by atoms with Crippen molar-refractivity contribution in [1.82, 2.24) is 9.55 Å². The molecule has 0 radical (unpaired) electrons. The maximum Gasteiger partial charge on any atom is 0.510 e. The summed E-state index contributed by atoms with van der Waals surface area (Å²) >= 11 is 0. The molecule has 10 nitrogen and oxygen atoms in total. The first-order chi connectivity index (χ1) is 24.6. The van der Waals surface area contributed by atoms with Gasteiger partial charge in [0, 0.05) is 25.6 Å². The Morgan fingerprint density at radius 2 is 1.88 bits per heavy atom. The molecule has 0 amide bonds. The van der Waals surface area contributed by atoms with Crippen LogP contribution in [0.2, 0.25) is 25.2 Å². The fourth-order valence-electron chi connectivity index (χ4n) is 7.68. The Kier molecular flexibility index (Phi) is 9.67. The van der Waals surface area contributed by atoms with Gasteiger partial charge in [-0.2, -0.15) is 0 Å². The molecule has 4 aliphatic rings. The summed E-state index contributed by atoms with van der Waals surface area (Å²) in [6, 6.07) is 17.8. The SMILES string of the molecule is CCC1(OC(=O)OCc2ccccc2)C(=O)OCC2=C1Cc1nc3n(c1=C2O)Cc1c(cccc1CC[Si](C)(C)CCCOC(=O)C1CCC1)C=3. The number of fused-ring (bicyclic) bond motifs is 4. The first-order valence-electron chi connectivity index (χ1n) is 18.2. The van der Waals surface area contributed by atoms with Gasteiger partial charge in [0.05, 0.1) is 24.8 Å². The normalized spacial score (nSPS) is 19.4. The molecule has 1 N–H and O–H groups in total. The second kappa shape index (κ2) is 14.2. The number of benzene rings is 2. The van der Waals surface area contributed by atoms with Crippen LogP contribution in [-0.2, 0) is 54.5 Å². The van der Waals surface area contributed by atoms with E-state index in [0.717, 1.165) is 60.8 Å². The first kappa shape index (κ1) is 34.8.